The van der Waals surface area contributed by atoms with Crippen LogP contribution >= 0.6 is 24.2 Å². The lowest BCUT2D eigenvalue weighted by Crippen LogP contribution is -2.38. The molecule has 1 atom stereocenters. The van der Waals surface area contributed by atoms with Gasteiger partial charge in [0.2, 0.25) is 5.91 Å². The number of rotatable bonds is 3. The van der Waals surface area contributed by atoms with Gasteiger partial charge in [0, 0.05) is 42.4 Å². The van der Waals surface area contributed by atoms with Crippen molar-refractivity contribution in [2.45, 2.75) is 19.8 Å². The molecule has 2 amide bonds. The minimum Gasteiger partial charge on any atom is -0.337 e. The normalized spacial score (nSPS) is 20.5. The van der Waals surface area contributed by atoms with E-state index in [0.29, 0.717) is 5.56 Å². The smallest absolute Gasteiger partial charge is 0.254 e. The summed E-state index contributed by atoms with van der Waals surface area (Å²) >= 11 is 1.89. The number of hydrogen-bond acceptors (Lipinski definition) is 4. The number of nitrogens with one attached hydrogen (secondary N) is 2. The molecule has 2 fully saturated rings. The maximum Gasteiger partial charge on any atom is 0.254 e. The van der Waals surface area contributed by atoms with E-state index in [1.165, 1.54) is 0 Å². The van der Waals surface area contributed by atoms with Crippen LogP contribution in [0.25, 0.3) is 0 Å². The Morgan fingerprint density at radius 3 is 2.72 bits per heavy atom. The second-order valence-electron chi connectivity index (χ2n) is 6.42. The van der Waals surface area contributed by atoms with Crippen LogP contribution in [0.4, 0.5) is 5.69 Å². The Morgan fingerprint density at radius 2 is 2.04 bits per heavy atom. The van der Waals surface area contributed by atoms with Gasteiger partial charge in [0.1, 0.15) is 0 Å². The van der Waals surface area contributed by atoms with E-state index in [0.717, 1.165) is 61.8 Å². The predicted molar refractivity (Wildman–Crippen MR) is 106 cm³/mol. The summed E-state index contributed by atoms with van der Waals surface area (Å²) in [7, 11) is 0. The zero-order valence-electron chi connectivity index (χ0n) is 14.5. The number of hydrogen-bond donors (Lipinski definition) is 2. The molecule has 1 aromatic carbocycles. The number of carbonyl (C=O) groups is 2. The number of halogens is 1. The van der Waals surface area contributed by atoms with Crippen LogP contribution in [-0.4, -0.2) is 54.4 Å². The zero-order valence-corrected chi connectivity index (χ0v) is 16.2. The molecule has 2 aliphatic heterocycles. The molecule has 0 saturated carbocycles. The summed E-state index contributed by atoms with van der Waals surface area (Å²) in [5.41, 5.74) is 2.31. The van der Waals surface area contributed by atoms with Crippen LogP contribution in [0.2, 0.25) is 0 Å². The molecule has 5 nitrogen and oxygen atoms in total. The molecule has 2 aliphatic rings. The van der Waals surface area contributed by atoms with Gasteiger partial charge in [-0.15, -0.1) is 12.4 Å². The fraction of sp³-hybridized carbons (Fsp3) is 0.556. The van der Waals surface area contributed by atoms with Crippen molar-refractivity contribution < 1.29 is 9.59 Å². The molecule has 2 heterocycles. The largest absolute Gasteiger partial charge is 0.337 e. The average Bonchev–Trinajstić information content (AvgIpc) is 2.64. The zero-order chi connectivity index (χ0) is 16.9. The second-order valence-corrected chi connectivity index (χ2v) is 7.64. The highest BCUT2D eigenvalue weighted by Gasteiger charge is 2.24. The van der Waals surface area contributed by atoms with Gasteiger partial charge in [0.05, 0.1) is 5.92 Å². The predicted octanol–water partition coefficient (Wildman–Crippen LogP) is 2.54. The van der Waals surface area contributed by atoms with Gasteiger partial charge >= 0.3 is 0 Å². The number of benzene rings is 1. The van der Waals surface area contributed by atoms with Crippen molar-refractivity contribution in [3.8, 4) is 0 Å². The maximum absolute atomic E-state index is 12.8. The van der Waals surface area contributed by atoms with Gasteiger partial charge in [-0.3, -0.25) is 9.59 Å². The summed E-state index contributed by atoms with van der Waals surface area (Å²) < 4.78 is 0. The van der Waals surface area contributed by atoms with Crippen LogP contribution in [-0.2, 0) is 4.79 Å². The van der Waals surface area contributed by atoms with E-state index in [1.54, 1.807) is 0 Å². The summed E-state index contributed by atoms with van der Waals surface area (Å²) in [6.07, 6.45) is 1.95. The molecule has 0 aromatic heterocycles. The first kappa shape index (κ1) is 20.1. The molecule has 0 spiro atoms. The Hall–Kier alpha value is -1.24. The fourth-order valence-electron chi connectivity index (χ4n) is 3.25. The summed E-state index contributed by atoms with van der Waals surface area (Å²) in [5.74, 6) is 2.12. The Balaban J connectivity index is 0.00000225. The van der Waals surface area contributed by atoms with Gasteiger partial charge in [0.25, 0.3) is 5.91 Å². The molecule has 7 heteroatoms. The quantitative estimate of drug-likeness (QED) is 0.842. The third-order valence-corrected chi connectivity index (χ3v) is 5.73. The highest BCUT2D eigenvalue weighted by atomic mass is 35.5. The van der Waals surface area contributed by atoms with Gasteiger partial charge in [-0.05, 0) is 44.0 Å². The lowest BCUT2D eigenvalue weighted by Gasteiger charge is -2.27. The van der Waals surface area contributed by atoms with Gasteiger partial charge in [-0.25, -0.2) is 0 Å². The van der Waals surface area contributed by atoms with Crippen molar-refractivity contribution >= 4 is 41.7 Å². The van der Waals surface area contributed by atoms with Crippen LogP contribution in [0.5, 0.6) is 0 Å². The number of carbonyl (C=O) groups excluding carboxylic acids is 2. The van der Waals surface area contributed by atoms with Crippen molar-refractivity contribution in [2.24, 2.45) is 5.92 Å². The summed E-state index contributed by atoms with van der Waals surface area (Å²) in [6, 6.07) is 5.59. The molecule has 2 saturated heterocycles. The standard InChI is InChI=1S/C18H25N3O2S.ClH/c1-13-15(18(23)21-8-10-24-11-9-21)5-2-6-16(13)20-17(22)14-4-3-7-19-12-14;/h2,5-6,14,19H,3-4,7-12H2,1H3,(H,20,22);1H. The monoisotopic (exact) mass is 383 g/mol. The van der Waals surface area contributed by atoms with Gasteiger partial charge in [-0.2, -0.15) is 11.8 Å². The minimum absolute atomic E-state index is 0. The third kappa shape index (κ3) is 4.90. The molecule has 25 heavy (non-hydrogen) atoms. The highest BCUT2D eigenvalue weighted by molar-refractivity contribution is 7.99. The SMILES string of the molecule is Cc1c(NC(=O)C2CCCNC2)cccc1C(=O)N1CCSCC1.Cl. The number of piperidine rings is 1. The summed E-state index contributed by atoms with van der Waals surface area (Å²) in [6.45, 7) is 5.23. The van der Waals surface area contributed by atoms with Crippen LogP contribution in [0.15, 0.2) is 18.2 Å². The van der Waals surface area contributed by atoms with E-state index in [4.69, 9.17) is 0 Å². The number of anilines is 1. The molecule has 1 aromatic rings. The van der Waals surface area contributed by atoms with Crippen LogP contribution in [0.1, 0.15) is 28.8 Å². The minimum atomic E-state index is 0. The van der Waals surface area contributed by atoms with E-state index >= 15 is 0 Å². The Kier molecular flexibility index (Phi) is 7.59. The van der Waals surface area contributed by atoms with Crippen molar-refractivity contribution in [1.29, 1.82) is 0 Å². The first-order valence-corrected chi connectivity index (χ1v) is 9.80. The first-order chi connectivity index (χ1) is 11.7. The first-order valence-electron chi connectivity index (χ1n) is 8.65. The second kappa shape index (κ2) is 9.46. The van der Waals surface area contributed by atoms with Crippen molar-refractivity contribution in [3.63, 3.8) is 0 Å². The molecular formula is C18H26ClN3O2S. The van der Waals surface area contributed by atoms with E-state index in [9.17, 15) is 9.59 Å². The maximum atomic E-state index is 12.8. The van der Waals surface area contributed by atoms with Crippen molar-refractivity contribution in [3.05, 3.63) is 29.3 Å². The fourth-order valence-corrected chi connectivity index (χ4v) is 4.15. The van der Waals surface area contributed by atoms with Gasteiger partial charge in [0.15, 0.2) is 0 Å². The Labute approximate surface area is 159 Å². The molecule has 3 rings (SSSR count). The van der Waals surface area contributed by atoms with E-state index in [-0.39, 0.29) is 30.1 Å². The van der Waals surface area contributed by atoms with Crippen molar-refractivity contribution in [2.75, 3.05) is 43.0 Å². The van der Waals surface area contributed by atoms with Gasteiger partial charge < -0.3 is 15.5 Å². The van der Waals surface area contributed by atoms with Crippen LogP contribution < -0.4 is 10.6 Å². The van der Waals surface area contributed by atoms with Gasteiger partial charge in [-0.1, -0.05) is 6.07 Å². The molecule has 1 unspecified atom stereocenters. The number of thioether (sulfide) groups is 1. The molecule has 2 N–H and O–H groups in total. The summed E-state index contributed by atoms with van der Waals surface area (Å²) in [4.78, 5) is 27.1. The Bertz CT molecular complexity index is 614. The highest BCUT2D eigenvalue weighted by Crippen LogP contribution is 2.23. The number of nitrogens with zero attached hydrogens (tertiary/aromatic N) is 1. The number of amides is 2. The lowest BCUT2D eigenvalue weighted by molar-refractivity contribution is -0.120. The molecule has 0 radical (unpaired) electrons. The van der Waals surface area contributed by atoms with E-state index < -0.39 is 0 Å². The molecule has 0 aliphatic carbocycles. The van der Waals surface area contributed by atoms with E-state index in [2.05, 4.69) is 10.6 Å². The summed E-state index contributed by atoms with van der Waals surface area (Å²) in [5, 5.41) is 6.29. The van der Waals surface area contributed by atoms with Crippen molar-refractivity contribution in [1.82, 2.24) is 10.2 Å². The topological polar surface area (TPSA) is 61.4 Å². The van der Waals surface area contributed by atoms with E-state index in [1.807, 2.05) is 41.8 Å². The lowest BCUT2D eigenvalue weighted by atomic mass is 9.98. The average molecular weight is 384 g/mol. The van der Waals surface area contributed by atoms with Crippen LogP contribution in [0.3, 0.4) is 0 Å². The molecule has 0 bridgehead atoms. The van der Waals surface area contributed by atoms with Crippen LogP contribution in [0, 0.1) is 12.8 Å². The molecular weight excluding hydrogens is 358 g/mol. The molecule has 138 valence electrons. The third-order valence-electron chi connectivity index (χ3n) is 4.79. The Morgan fingerprint density at radius 1 is 1.28 bits per heavy atom.